The molecule has 1 rings (SSSR count). The number of rotatable bonds is 9. The van der Waals surface area contributed by atoms with E-state index in [1.165, 1.54) is 0 Å². The molecule has 1 unspecified atom stereocenters. The highest BCUT2D eigenvalue weighted by Crippen LogP contribution is 2.11. The summed E-state index contributed by atoms with van der Waals surface area (Å²) in [5.74, 6) is -2.83. The third-order valence-corrected chi connectivity index (χ3v) is 4.13. The smallest absolute Gasteiger partial charge is 0.331 e. The Morgan fingerprint density at radius 1 is 0.727 bits per heavy atom. The molecule has 0 amide bonds. The van der Waals surface area contributed by atoms with E-state index in [9.17, 15) is 19.2 Å². The zero-order valence-electron chi connectivity index (χ0n) is 20.5. The van der Waals surface area contributed by atoms with E-state index in [1.807, 2.05) is 0 Å². The standard InChI is InChI=1S/C24H37NO8/c1-23(2,3)32-21(28)12-10-19(26)30-17-18(16-25-14-8-7-9-15-25)31-20(27)11-13-22(29)33-24(4,5)6/h10-13,18H,7-9,14-17H2,1-6H3/b12-10+,13-11+. The van der Waals surface area contributed by atoms with Crippen molar-refractivity contribution in [3.63, 3.8) is 0 Å². The Morgan fingerprint density at radius 3 is 1.67 bits per heavy atom. The molecule has 1 fully saturated rings. The second-order valence-corrected chi connectivity index (χ2v) is 9.78. The fraction of sp³-hybridized carbons (Fsp3) is 0.667. The van der Waals surface area contributed by atoms with Crippen LogP contribution in [0.5, 0.6) is 0 Å². The number of esters is 4. The third kappa shape index (κ3) is 14.9. The van der Waals surface area contributed by atoms with Crippen LogP contribution in [0, 0.1) is 0 Å². The number of hydrogen-bond donors (Lipinski definition) is 0. The van der Waals surface area contributed by atoms with Crippen LogP contribution in [-0.2, 0) is 38.1 Å². The largest absolute Gasteiger partial charge is 0.459 e. The third-order valence-electron chi connectivity index (χ3n) is 4.13. The first-order valence-corrected chi connectivity index (χ1v) is 11.2. The van der Waals surface area contributed by atoms with Gasteiger partial charge in [0.25, 0.3) is 0 Å². The number of ether oxygens (including phenoxy) is 4. The first-order chi connectivity index (χ1) is 15.2. The zero-order chi connectivity index (χ0) is 25.1. The van der Waals surface area contributed by atoms with Gasteiger partial charge in [-0.2, -0.15) is 0 Å². The minimum atomic E-state index is -0.759. The lowest BCUT2D eigenvalue weighted by atomic mass is 10.1. The van der Waals surface area contributed by atoms with Gasteiger partial charge in [0, 0.05) is 30.8 Å². The van der Waals surface area contributed by atoms with Crippen LogP contribution in [0.4, 0.5) is 0 Å². The summed E-state index contributed by atoms with van der Waals surface area (Å²) < 4.78 is 20.8. The molecule has 0 aromatic rings. The molecule has 0 bridgehead atoms. The molecule has 1 aliphatic heterocycles. The molecule has 1 atom stereocenters. The Kier molecular flexibility index (Phi) is 11.3. The summed E-state index contributed by atoms with van der Waals surface area (Å²) in [5, 5.41) is 0. The molecule has 1 saturated heterocycles. The van der Waals surface area contributed by atoms with Gasteiger partial charge in [-0.3, -0.25) is 4.90 Å². The van der Waals surface area contributed by atoms with E-state index in [0.717, 1.165) is 56.7 Å². The number of carbonyl (C=O) groups is 4. The average Bonchev–Trinajstić information content (AvgIpc) is 2.67. The summed E-state index contributed by atoms with van der Waals surface area (Å²) in [7, 11) is 0. The average molecular weight is 468 g/mol. The van der Waals surface area contributed by atoms with Crippen LogP contribution in [0.2, 0.25) is 0 Å². The minimum absolute atomic E-state index is 0.194. The van der Waals surface area contributed by atoms with Crippen LogP contribution in [0.25, 0.3) is 0 Å². The highest BCUT2D eigenvalue weighted by atomic mass is 16.6. The molecule has 0 radical (unpaired) electrons. The van der Waals surface area contributed by atoms with Gasteiger partial charge in [0.2, 0.25) is 0 Å². The lowest BCUT2D eigenvalue weighted by Crippen LogP contribution is -2.40. The van der Waals surface area contributed by atoms with Crippen molar-refractivity contribution in [2.75, 3.05) is 26.2 Å². The van der Waals surface area contributed by atoms with Crippen molar-refractivity contribution in [1.82, 2.24) is 4.90 Å². The summed E-state index contributed by atoms with van der Waals surface area (Å²) >= 11 is 0. The van der Waals surface area contributed by atoms with Crippen molar-refractivity contribution in [2.45, 2.75) is 78.1 Å². The van der Waals surface area contributed by atoms with Gasteiger partial charge in [-0.15, -0.1) is 0 Å². The van der Waals surface area contributed by atoms with E-state index in [0.29, 0.717) is 6.54 Å². The van der Waals surface area contributed by atoms with E-state index in [2.05, 4.69) is 4.90 Å². The van der Waals surface area contributed by atoms with Gasteiger partial charge in [-0.05, 0) is 67.5 Å². The Hall–Kier alpha value is -2.68. The predicted octanol–water partition coefficient (Wildman–Crippen LogP) is 2.72. The highest BCUT2D eigenvalue weighted by molar-refractivity contribution is 5.92. The molecule has 0 N–H and O–H groups in total. The van der Waals surface area contributed by atoms with Crippen LogP contribution >= 0.6 is 0 Å². The fourth-order valence-electron chi connectivity index (χ4n) is 2.92. The van der Waals surface area contributed by atoms with Crippen molar-refractivity contribution in [3.05, 3.63) is 24.3 Å². The molecule has 1 heterocycles. The summed E-state index contributed by atoms with van der Waals surface area (Å²) in [6.07, 6.45) is 6.43. The van der Waals surface area contributed by atoms with E-state index in [-0.39, 0.29) is 6.61 Å². The maximum atomic E-state index is 12.2. The normalized spacial score (nSPS) is 16.4. The lowest BCUT2D eigenvalue weighted by molar-refractivity contribution is -0.154. The second-order valence-electron chi connectivity index (χ2n) is 9.78. The first-order valence-electron chi connectivity index (χ1n) is 11.2. The lowest BCUT2D eigenvalue weighted by Gasteiger charge is -2.29. The van der Waals surface area contributed by atoms with Gasteiger partial charge < -0.3 is 18.9 Å². The molecule has 0 aromatic carbocycles. The first kappa shape index (κ1) is 28.4. The Bertz CT molecular complexity index is 737. The minimum Gasteiger partial charge on any atom is -0.459 e. The molecule has 0 spiro atoms. The molecule has 1 aliphatic rings. The maximum absolute atomic E-state index is 12.2. The highest BCUT2D eigenvalue weighted by Gasteiger charge is 2.22. The molecule has 9 heteroatoms. The Labute approximate surface area is 196 Å². The topological polar surface area (TPSA) is 108 Å². The van der Waals surface area contributed by atoms with E-state index < -0.39 is 41.2 Å². The summed E-state index contributed by atoms with van der Waals surface area (Å²) in [4.78, 5) is 49.8. The summed E-state index contributed by atoms with van der Waals surface area (Å²) in [6.45, 7) is 12.2. The van der Waals surface area contributed by atoms with Gasteiger partial charge in [-0.1, -0.05) is 6.42 Å². The molecule has 0 saturated carbocycles. The molecule has 0 aromatic heterocycles. The quantitative estimate of drug-likeness (QED) is 0.287. The Balaban J connectivity index is 2.66. The number of nitrogens with zero attached hydrogens (tertiary/aromatic N) is 1. The molecule has 186 valence electrons. The molecule has 9 nitrogen and oxygen atoms in total. The van der Waals surface area contributed by atoms with Crippen LogP contribution in [0.1, 0.15) is 60.8 Å². The van der Waals surface area contributed by atoms with Crippen molar-refractivity contribution in [2.24, 2.45) is 0 Å². The predicted molar refractivity (Wildman–Crippen MR) is 121 cm³/mol. The molecular weight excluding hydrogens is 430 g/mol. The molecule has 33 heavy (non-hydrogen) atoms. The van der Waals surface area contributed by atoms with Crippen LogP contribution in [0.3, 0.4) is 0 Å². The van der Waals surface area contributed by atoms with Gasteiger partial charge in [0.1, 0.15) is 23.9 Å². The summed E-state index contributed by atoms with van der Waals surface area (Å²) in [5.41, 5.74) is -1.35. The van der Waals surface area contributed by atoms with Gasteiger partial charge in [0.15, 0.2) is 0 Å². The Morgan fingerprint density at radius 2 is 1.18 bits per heavy atom. The number of hydrogen-bond acceptors (Lipinski definition) is 9. The van der Waals surface area contributed by atoms with E-state index in [4.69, 9.17) is 18.9 Å². The monoisotopic (exact) mass is 467 g/mol. The SMILES string of the molecule is CC(C)(C)OC(=O)/C=C/C(=O)OCC(CN1CCCCC1)OC(=O)/C=C/C(=O)OC(C)(C)C. The van der Waals surface area contributed by atoms with E-state index >= 15 is 0 Å². The van der Waals surface area contributed by atoms with Crippen molar-refractivity contribution in [3.8, 4) is 0 Å². The van der Waals surface area contributed by atoms with Crippen LogP contribution in [-0.4, -0.2) is 72.3 Å². The number of likely N-dealkylation sites (tertiary alicyclic amines) is 1. The van der Waals surface area contributed by atoms with Gasteiger partial charge in [-0.25, -0.2) is 19.2 Å². The van der Waals surface area contributed by atoms with Crippen molar-refractivity contribution < 1.29 is 38.1 Å². The number of carbonyl (C=O) groups excluding carboxylic acids is 4. The number of piperidine rings is 1. The van der Waals surface area contributed by atoms with Crippen LogP contribution < -0.4 is 0 Å². The van der Waals surface area contributed by atoms with Crippen molar-refractivity contribution in [1.29, 1.82) is 0 Å². The van der Waals surface area contributed by atoms with E-state index in [1.54, 1.807) is 41.5 Å². The van der Waals surface area contributed by atoms with Crippen LogP contribution in [0.15, 0.2) is 24.3 Å². The van der Waals surface area contributed by atoms with Gasteiger partial charge >= 0.3 is 23.9 Å². The van der Waals surface area contributed by atoms with Crippen molar-refractivity contribution >= 4 is 23.9 Å². The zero-order valence-corrected chi connectivity index (χ0v) is 20.5. The fourth-order valence-corrected chi connectivity index (χ4v) is 2.92. The molecule has 0 aliphatic carbocycles. The molecular formula is C24H37NO8. The maximum Gasteiger partial charge on any atom is 0.331 e. The van der Waals surface area contributed by atoms with Gasteiger partial charge in [0.05, 0.1) is 0 Å². The summed E-state index contributed by atoms with van der Waals surface area (Å²) in [6, 6.07) is 0. The second kappa shape index (κ2) is 13.1.